The number of benzene rings is 3. The van der Waals surface area contributed by atoms with Crippen molar-refractivity contribution in [2.24, 2.45) is 0 Å². The fraction of sp³-hybridized carbons (Fsp3) is 0.0870. The second-order valence-corrected chi connectivity index (χ2v) is 6.07. The van der Waals surface area contributed by atoms with E-state index in [4.69, 9.17) is 14.2 Å². The van der Waals surface area contributed by atoms with E-state index in [2.05, 4.69) is 0 Å². The molecule has 0 radical (unpaired) electrons. The lowest BCUT2D eigenvalue weighted by Gasteiger charge is -2.09. The molecule has 0 heterocycles. The van der Waals surface area contributed by atoms with Crippen LogP contribution >= 0.6 is 0 Å². The summed E-state index contributed by atoms with van der Waals surface area (Å²) in [5.74, 6) is -1.02. The van der Waals surface area contributed by atoms with Crippen molar-refractivity contribution in [3.05, 3.63) is 95.6 Å². The maximum absolute atomic E-state index is 12.3. The molecule has 0 saturated heterocycles. The van der Waals surface area contributed by atoms with Gasteiger partial charge in [0.1, 0.15) is 23.7 Å². The van der Waals surface area contributed by atoms with Crippen molar-refractivity contribution >= 4 is 17.9 Å². The van der Waals surface area contributed by atoms with Gasteiger partial charge in [-0.15, -0.1) is 0 Å². The van der Waals surface area contributed by atoms with Crippen LogP contribution < -0.4 is 9.47 Å². The fourth-order valence-electron chi connectivity index (χ4n) is 2.50. The predicted octanol–water partition coefficient (Wildman–Crippen LogP) is 4.19. The highest BCUT2D eigenvalue weighted by molar-refractivity contribution is 5.93. The lowest BCUT2D eigenvalue weighted by Crippen LogP contribution is -2.11. The number of rotatable bonds is 6. The summed E-state index contributed by atoms with van der Waals surface area (Å²) in [5.41, 5.74) is 1.23. The van der Waals surface area contributed by atoms with Crippen molar-refractivity contribution in [2.45, 2.75) is 13.5 Å². The van der Waals surface area contributed by atoms with Crippen LogP contribution in [0.25, 0.3) is 0 Å². The summed E-state index contributed by atoms with van der Waals surface area (Å²) in [6.45, 7) is 1.26. The van der Waals surface area contributed by atoms with E-state index in [0.717, 1.165) is 0 Å². The van der Waals surface area contributed by atoms with Gasteiger partial charge in [0.2, 0.25) is 0 Å². The summed E-state index contributed by atoms with van der Waals surface area (Å²) in [6, 6.07) is 21.7. The molecule has 3 aromatic carbocycles. The molecule has 0 aliphatic rings. The first-order chi connectivity index (χ1) is 14.0. The van der Waals surface area contributed by atoms with Gasteiger partial charge >= 0.3 is 17.9 Å². The minimum atomic E-state index is -0.616. The molecule has 0 spiro atoms. The molecule has 6 heteroatoms. The lowest BCUT2D eigenvalue weighted by atomic mass is 10.1. The van der Waals surface area contributed by atoms with Crippen LogP contribution in [0.4, 0.5) is 0 Å². The Morgan fingerprint density at radius 3 is 2.07 bits per heavy atom. The van der Waals surface area contributed by atoms with Crippen LogP contribution in [0.1, 0.15) is 33.2 Å². The van der Waals surface area contributed by atoms with E-state index < -0.39 is 17.9 Å². The molecule has 146 valence electrons. The maximum atomic E-state index is 12.3. The Bertz CT molecular complexity index is 1010. The Morgan fingerprint density at radius 2 is 1.38 bits per heavy atom. The van der Waals surface area contributed by atoms with E-state index in [1.807, 2.05) is 6.07 Å². The summed E-state index contributed by atoms with van der Waals surface area (Å²) < 4.78 is 15.6. The normalized spacial score (nSPS) is 10.1. The summed E-state index contributed by atoms with van der Waals surface area (Å²) in [5, 5.41) is 0. The summed E-state index contributed by atoms with van der Waals surface area (Å²) in [4.78, 5) is 35.6. The summed E-state index contributed by atoms with van der Waals surface area (Å²) in [7, 11) is 0. The second-order valence-electron chi connectivity index (χ2n) is 6.07. The van der Waals surface area contributed by atoms with E-state index in [9.17, 15) is 14.4 Å². The van der Waals surface area contributed by atoms with Gasteiger partial charge in [-0.05, 0) is 42.0 Å². The lowest BCUT2D eigenvalue weighted by molar-refractivity contribution is -0.131. The van der Waals surface area contributed by atoms with Gasteiger partial charge in [-0.2, -0.15) is 0 Å². The highest BCUT2D eigenvalue weighted by atomic mass is 16.5. The minimum absolute atomic E-state index is 0.00124. The van der Waals surface area contributed by atoms with Crippen molar-refractivity contribution in [1.29, 1.82) is 0 Å². The van der Waals surface area contributed by atoms with Crippen LogP contribution in [0.3, 0.4) is 0 Å². The van der Waals surface area contributed by atoms with Gasteiger partial charge in [0.05, 0.1) is 5.56 Å². The molecule has 0 saturated carbocycles. The molecule has 0 unspecified atom stereocenters. The van der Waals surface area contributed by atoms with Crippen molar-refractivity contribution in [1.82, 2.24) is 0 Å². The second kappa shape index (κ2) is 9.32. The van der Waals surface area contributed by atoms with Gasteiger partial charge in [0, 0.05) is 6.92 Å². The van der Waals surface area contributed by atoms with Crippen LogP contribution in [0, 0.1) is 0 Å². The fourth-order valence-corrected chi connectivity index (χ4v) is 2.50. The molecule has 0 aliphatic heterocycles. The Hall–Kier alpha value is -3.93. The highest BCUT2D eigenvalue weighted by Crippen LogP contribution is 2.20. The number of ether oxygens (including phenoxy) is 3. The number of hydrogen-bond donors (Lipinski definition) is 0. The summed E-state index contributed by atoms with van der Waals surface area (Å²) in [6.07, 6.45) is 0. The van der Waals surface area contributed by atoms with Crippen LogP contribution in [0.5, 0.6) is 11.5 Å². The molecule has 29 heavy (non-hydrogen) atoms. The zero-order valence-corrected chi connectivity index (χ0v) is 15.7. The molecule has 3 rings (SSSR count). The van der Waals surface area contributed by atoms with Gasteiger partial charge in [0.15, 0.2) is 0 Å². The first kappa shape index (κ1) is 19.8. The molecular weight excluding hydrogens is 372 g/mol. The average Bonchev–Trinajstić information content (AvgIpc) is 2.73. The molecular formula is C23H18O6. The first-order valence-corrected chi connectivity index (χ1v) is 8.83. The zero-order valence-electron chi connectivity index (χ0n) is 15.7. The smallest absolute Gasteiger partial charge is 0.343 e. The molecule has 3 aromatic rings. The molecule has 0 bridgehead atoms. The quantitative estimate of drug-likeness (QED) is 0.464. The monoisotopic (exact) mass is 390 g/mol. The minimum Gasteiger partial charge on any atom is -0.457 e. The van der Waals surface area contributed by atoms with Crippen LogP contribution in [0.2, 0.25) is 0 Å². The van der Waals surface area contributed by atoms with Gasteiger partial charge < -0.3 is 14.2 Å². The Labute approximate surface area is 167 Å². The van der Waals surface area contributed by atoms with E-state index in [1.54, 1.807) is 60.7 Å². The Balaban J connectivity index is 1.60. The molecule has 6 nitrogen and oxygen atoms in total. The number of hydrogen-bond acceptors (Lipinski definition) is 6. The zero-order chi connectivity index (χ0) is 20.6. The molecule has 0 fully saturated rings. The molecule has 0 aromatic heterocycles. The topological polar surface area (TPSA) is 78.9 Å². The largest absolute Gasteiger partial charge is 0.457 e. The van der Waals surface area contributed by atoms with E-state index in [-0.39, 0.29) is 17.9 Å². The molecule has 0 atom stereocenters. The van der Waals surface area contributed by atoms with Crippen molar-refractivity contribution in [3.8, 4) is 11.5 Å². The van der Waals surface area contributed by atoms with Gasteiger partial charge in [-0.1, -0.05) is 42.5 Å². The Morgan fingerprint density at radius 1 is 0.724 bits per heavy atom. The van der Waals surface area contributed by atoms with Gasteiger partial charge in [0.25, 0.3) is 0 Å². The third kappa shape index (κ3) is 5.52. The molecule has 0 N–H and O–H groups in total. The third-order valence-corrected chi connectivity index (χ3v) is 3.87. The summed E-state index contributed by atoms with van der Waals surface area (Å²) >= 11 is 0. The van der Waals surface area contributed by atoms with Crippen molar-refractivity contribution in [3.63, 3.8) is 0 Å². The maximum Gasteiger partial charge on any atom is 0.343 e. The van der Waals surface area contributed by atoms with Crippen LogP contribution in [-0.4, -0.2) is 17.9 Å². The van der Waals surface area contributed by atoms with E-state index in [1.165, 1.54) is 19.1 Å². The van der Waals surface area contributed by atoms with E-state index in [0.29, 0.717) is 16.9 Å². The predicted molar refractivity (Wildman–Crippen MR) is 105 cm³/mol. The average molecular weight is 390 g/mol. The van der Waals surface area contributed by atoms with Crippen molar-refractivity contribution in [2.75, 3.05) is 0 Å². The van der Waals surface area contributed by atoms with Gasteiger partial charge in [-0.25, -0.2) is 9.59 Å². The molecule has 0 aliphatic carbocycles. The SMILES string of the molecule is CC(=O)Oc1ccccc1C(=O)OCc1ccc(C(=O)Oc2ccccc2)cc1. The number of esters is 3. The van der Waals surface area contributed by atoms with E-state index >= 15 is 0 Å². The number of carbonyl (C=O) groups excluding carboxylic acids is 3. The third-order valence-electron chi connectivity index (χ3n) is 3.87. The van der Waals surface area contributed by atoms with Gasteiger partial charge in [-0.3, -0.25) is 4.79 Å². The number of carbonyl (C=O) groups is 3. The molecule has 0 amide bonds. The van der Waals surface area contributed by atoms with Crippen LogP contribution in [0.15, 0.2) is 78.9 Å². The van der Waals surface area contributed by atoms with Crippen LogP contribution in [-0.2, 0) is 16.1 Å². The number of para-hydroxylation sites is 2. The van der Waals surface area contributed by atoms with Crippen molar-refractivity contribution < 1.29 is 28.6 Å². The highest BCUT2D eigenvalue weighted by Gasteiger charge is 2.15. The first-order valence-electron chi connectivity index (χ1n) is 8.83. The standard InChI is InChI=1S/C23H18O6/c1-16(24)28-21-10-6-5-9-20(21)23(26)27-15-17-11-13-18(14-12-17)22(25)29-19-7-3-2-4-8-19/h2-14H,15H2,1H3. The Kier molecular flexibility index (Phi) is 6.37.